The second kappa shape index (κ2) is 9.82. The van der Waals surface area contributed by atoms with Gasteiger partial charge in [-0.3, -0.25) is 9.69 Å². The second-order valence-corrected chi connectivity index (χ2v) is 9.08. The normalized spacial score (nSPS) is 18.2. The highest BCUT2D eigenvalue weighted by Gasteiger charge is 2.36. The molecule has 5 heteroatoms. The number of nitrogens with zero attached hydrogens (tertiary/aromatic N) is 2. The van der Waals surface area contributed by atoms with Crippen molar-refractivity contribution in [3.05, 3.63) is 107 Å². The van der Waals surface area contributed by atoms with E-state index in [2.05, 4.69) is 46.6 Å². The van der Waals surface area contributed by atoms with E-state index >= 15 is 0 Å². The Morgan fingerprint density at radius 2 is 1.67 bits per heavy atom. The van der Waals surface area contributed by atoms with Gasteiger partial charge in [-0.25, -0.2) is 0 Å². The van der Waals surface area contributed by atoms with Crippen LogP contribution in [0, 0.1) is 0 Å². The highest BCUT2D eigenvalue weighted by molar-refractivity contribution is 6.30. The van der Waals surface area contributed by atoms with Crippen molar-refractivity contribution in [1.29, 1.82) is 0 Å². The topological polar surface area (TPSA) is 35.6 Å². The SMILES string of the molecule is O=C1c2ccccc2C(Nc2ccc(Cl)cc2)N1CCCN1CC=C(c2ccccc2)CC1. The minimum absolute atomic E-state index is 0.0990. The predicted molar refractivity (Wildman–Crippen MR) is 135 cm³/mol. The van der Waals surface area contributed by atoms with Gasteiger partial charge in [0.25, 0.3) is 5.91 Å². The van der Waals surface area contributed by atoms with Gasteiger partial charge in [-0.2, -0.15) is 0 Å². The van der Waals surface area contributed by atoms with E-state index in [9.17, 15) is 4.79 Å². The molecule has 0 bridgehead atoms. The molecule has 0 aromatic heterocycles. The van der Waals surface area contributed by atoms with Gasteiger partial charge in [-0.1, -0.05) is 66.2 Å². The Labute approximate surface area is 200 Å². The van der Waals surface area contributed by atoms with E-state index in [0.29, 0.717) is 11.6 Å². The Balaban J connectivity index is 1.22. The summed E-state index contributed by atoms with van der Waals surface area (Å²) in [4.78, 5) is 17.6. The molecule has 0 spiro atoms. The van der Waals surface area contributed by atoms with Gasteiger partial charge < -0.3 is 10.2 Å². The van der Waals surface area contributed by atoms with E-state index in [1.54, 1.807) is 0 Å². The van der Waals surface area contributed by atoms with E-state index < -0.39 is 0 Å². The Morgan fingerprint density at radius 3 is 2.42 bits per heavy atom. The zero-order valence-electron chi connectivity index (χ0n) is 18.6. The van der Waals surface area contributed by atoms with Crippen molar-refractivity contribution in [3.8, 4) is 0 Å². The van der Waals surface area contributed by atoms with Crippen molar-refractivity contribution >= 4 is 28.8 Å². The van der Waals surface area contributed by atoms with Gasteiger partial charge in [-0.05, 0) is 54.3 Å². The van der Waals surface area contributed by atoms with Gasteiger partial charge in [-0.15, -0.1) is 0 Å². The third kappa shape index (κ3) is 4.82. The van der Waals surface area contributed by atoms with E-state index in [-0.39, 0.29) is 12.1 Å². The molecule has 0 aliphatic carbocycles. The number of nitrogens with one attached hydrogen (secondary N) is 1. The summed E-state index contributed by atoms with van der Waals surface area (Å²) in [6.45, 7) is 3.71. The Kier molecular flexibility index (Phi) is 6.47. The highest BCUT2D eigenvalue weighted by Crippen LogP contribution is 2.34. The fourth-order valence-corrected chi connectivity index (χ4v) is 4.88. The van der Waals surface area contributed by atoms with Gasteiger partial charge in [0.15, 0.2) is 0 Å². The minimum atomic E-state index is -0.166. The summed E-state index contributed by atoms with van der Waals surface area (Å²) < 4.78 is 0. The molecule has 4 nitrogen and oxygen atoms in total. The molecule has 0 saturated carbocycles. The standard InChI is InChI=1S/C28H28ClN3O/c29-23-11-13-24(14-12-23)30-27-25-9-4-5-10-26(25)28(33)32(27)18-6-17-31-19-15-22(16-20-31)21-7-2-1-3-8-21/h1-5,7-15,27,30H,6,16-20H2. The maximum absolute atomic E-state index is 13.2. The van der Waals surface area contributed by atoms with Crippen LogP contribution in [0.3, 0.4) is 0 Å². The molecule has 0 radical (unpaired) electrons. The van der Waals surface area contributed by atoms with Crippen LogP contribution in [0.1, 0.15) is 40.5 Å². The van der Waals surface area contributed by atoms with Crippen molar-refractivity contribution in [1.82, 2.24) is 9.80 Å². The third-order valence-corrected chi connectivity index (χ3v) is 6.77. The number of rotatable bonds is 7. The first-order valence-corrected chi connectivity index (χ1v) is 12.0. The molecule has 2 aliphatic rings. The van der Waals surface area contributed by atoms with Gasteiger partial charge in [0, 0.05) is 48.0 Å². The molecule has 1 atom stereocenters. The molecule has 2 heterocycles. The number of anilines is 1. The summed E-state index contributed by atoms with van der Waals surface area (Å²) in [7, 11) is 0. The van der Waals surface area contributed by atoms with Gasteiger partial charge in [0.1, 0.15) is 6.17 Å². The smallest absolute Gasteiger partial charge is 0.256 e. The van der Waals surface area contributed by atoms with Crippen LogP contribution in [-0.2, 0) is 0 Å². The number of carbonyl (C=O) groups is 1. The molecular formula is C28H28ClN3O. The van der Waals surface area contributed by atoms with Gasteiger partial charge in [0.2, 0.25) is 0 Å². The van der Waals surface area contributed by atoms with Crippen LogP contribution in [0.5, 0.6) is 0 Å². The van der Waals surface area contributed by atoms with Crippen molar-refractivity contribution < 1.29 is 4.79 Å². The molecule has 0 saturated heterocycles. The fraction of sp³-hybridized carbons (Fsp3) is 0.250. The molecule has 1 amide bonds. The van der Waals surface area contributed by atoms with Crippen LogP contribution in [0.2, 0.25) is 5.02 Å². The molecule has 3 aromatic carbocycles. The lowest BCUT2D eigenvalue weighted by Crippen LogP contribution is -2.36. The maximum Gasteiger partial charge on any atom is 0.256 e. The third-order valence-electron chi connectivity index (χ3n) is 6.52. The van der Waals surface area contributed by atoms with E-state index in [0.717, 1.165) is 49.3 Å². The molecule has 1 unspecified atom stereocenters. The molecule has 2 aliphatic heterocycles. The first kappa shape index (κ1) is 21.7. The number of halogens is 1. The first-order valence-electron chi connectivity index (χ1n) is 11.6. The molecule has 5 rings (SSSR count). The molecule has 33 heavy (non-hydrogen) atoms. The second-order valence-electron chi connectivity index (χ2n) is 8.64. The maximum atomic E-state index is 13.2. The average Bonchev–Trinajstić information content (AvgIpc) is 3.12. The van der Waals surface area contributed by atoms with Crippen LogP contribution in [0.15, 0.2) is 84.9 Å². The molecule has 3 aromatic rings. The minimum Gasteiger partial charge on any atom is -0.361 e. The van der Waals surface area contributed by atoms with E-state index in [1.807, 2.05) is 53.4 Å². The number of carbonyl (C=O) groups excluding carboxylic acids is 1. The Bertz CT molecular complexity index is 1140. The van der Waals surface area contributed by atoms with Crippen LogP contribution in [0.25, 0.3) is 5.57 Å². The van der Waals surface area contributed by atoms with Crippen molar-refractivity contribution in [3.63, 3.8) is 0 Å². The fourth-order valence-electron chi connectivity index (χ4n) is 4.75. The lowest BCUT2D eigenvalue weighted by Gasteiger charge is -2.30. The lowest BCUT2D eigenvalue weighted by atomic mass is 9.99. The summed E-state index contributed by atoms with van der Waals surface area (Å²) >= 11 is 6.05. The zero-order chi connectivity index (χ0) is 22.6. The molecular weight excluding hydrogens is 430 g/mol. The van der Waals surface area contributed by atoms with Crippen LogP contribution < -0.4 is 5.32 Å². The molecule has 168 valence electrons. The Hall–Kier alpha value is -3.08. The number of fused-ring (bicyclic) bond motifs is 1. The van der Waals surface area contributed by atoms with E-state index in [1.165, 1.54) is 11.1 Å². The Morgan fingerprint density at radius 1 is 0.909 bits per heavy atom. The van der Waals surface area contributed by atoms with Crippen LogP contribution >= 0.6 is 11.6 Å². The van der Waals surface area contributed by atoms with Crippen LogP contribution in [0.4, 0.5) is 5.69 Å². The average molecular weight is 458 g/mol. The summed E-state index contributed by atoms with van der Waals surface area (Å²) in [6, 6.07) is 26.2. The monoisotopic (exact) mass is 457 g/mol. The van der Waals surface area contributed by atoms with Gasteiger partial charge >= 0.3 is 0 Å². The summed E-state index contributed by atoms with van der Waals surface area (Å²) in [5.74, 6) is 0.0990. The number of amides is 1. The summed E-state index contributed by atoms with van der Waals surface area (Å²) in [5.41, 5.74) is 5.54. The van der Waals surface area contributed by atoms with Crippen LogP contribution in [-0.4, -0.2) is 41.9 Å². The largest absolute Gasteiger partial charge is 0.361 e. The lowest BCUT2D eigenvalue weighted by molar-refractivity contribution is 0.0734. The number of hydrogen-bond acceptors (Lipinski definition) is 3. The highest BCUT2D eigenvalue weighted by atomic mass is 35.5. The predicted octanol–water partition coefficient (Wildman–Crippen LogP) is 6.09. The number of hydrogen-bond donors (Lipinski definition) is 1. The van der Waals surface area contributed by atoms with E-state index in [4.69, 9.17) is 11.6 Å². The number of benzene rings is 3. The van der Waals surface area contributed by atoms with Crippen molar-refractivity contribution in [2.24, 2.45) is 0 Å². The summed E-state index contributed by atoms with van der Waals surface area (Å²) in [6.07, 6.45) is 4.19. The van der Waals surface area contributed by atoms with Gasteiger partial charge in [0.05, 0.1) is 0 Å². The zero-order valence-corrected chi connectivity index (χ0v) is 19.3. The summed E-state index contributed by atoms with van der Waals surface area (Å²) in [5, 5.41) is 4.24. The molecule has 1 N–H and O–H groups in total. The van der Waals surface area contributed by atoms with Crippen molar-refractivity contribution in [2.75, 3.05) is 31.5 Å². The first-order chi connectivity index (χ1) is 16.2. The molecule has 0 fully saturated rings. The van der Waals surface area contributed by atoms with Crippen molar-refractivity contribution in [2.45, 2.75) is 19.0 Å². The quantitative estimate of drug-likeness (QED) is 0.466.